The average Bonchev–Trinajstić information content (AvgIpc) is 2.67. The fraction of sp³-hybridized carbons (Fsp3) is 0.308. The maximum Gasteiger partial charge on any atom is 0.238 e. The summed E-state index contributed by atoms with van der Waals surface area (Å²) in [5.41, 5.74) is 3.50. The lowest BCUT2D eigenvalue weighted by atomic mass is 10.2. The van der Waals surface area contributed by atoms with Crippen molar-refractivity contribution in [3.63, 3.8) is 0 Å². The number of hydrogen-bond donors (Lipinski definition) is 2. The first-order valence-electron chi connectivity index (χ1n) is 6.14. The number of nitrogens with two attached hydrogens (primary N) is 1. The number of nitrogens with zero attached hydrogens (tertiary/aromatic N) is 2. The third-order valence-electron chi connectivity index (χ3n) is 3.40. The lowest BCUT2D eigenvalue weighted by Gasteiger charge is -2.12. The molecule has 1 aromatic carbocycles. The van der Waals surface area contributed by atoms with Gasteiger partial charge >= 0.3 is 0 Å². The van der Waals surface area contributed by atoms with Crippen molar-refractivity contribution in [3.05, 3.63) is 41.2 Å². The summed E-state index contributed by atoms with van der Waals surface area (Å²) in [6.45, 7) is 4.30. The van der Waals surface area contributed by atoms with Crippen molar-refractivity contribution in [2.75, 3.05) is 5.32 Å². The van der Waals surface area contributed by atoms with Crippen LogP contribution in [0.1, 0.15) is 16.8 Å². The Balaban J connectivity index is 2.25. The van der Waals surface area contributed by atoms with Crippen LogP contribution >= 0.6 is 0 Å². The first-order valence-corrected chi connectivity index (χ1v) is 7.69. The van der Waals surface area contributed by atoms with Crippen molar-refractivity contribution < 1.29 is 8.42 Å². The number of rotatable bonds is 4. The Labute approximate surface area is 118 Å². The van der Waals surface area contributed by atoms with Crippen LogP contribution in [0, 0.1) is 13.8 Å². The van der Waals surface area contributed by atoms with Crippen LogP contribution in [0.15, 0.2) is 29.3 Å². The molecule has 2 aromatic rings. The molecule has 0 atom stereocenters. The molecule has 0 aliphatic heterocycles. The number of benzene rings is 1. The van der Waals surface area contributed by atoms with Gasteiger partial charge in [0.05, 0.1) is 11.1 Å². The van der Waals surface area contributed by atoms with Crippen molar-refractivity contribution in [2.45, 2.75) is 25.3 Å². The van der Waals surface area contributed by atoms with Gasteiger partial charge in [-0.05, 0) is 31.5 Å². The summed E-state index contributed by atoms with van der Waals surface area (Å²) in [7, 11) is -1.82. The minimum Gasteiger partial charge on any atom is -0.381 e. The lowest BCUT2D eigenvalue weighted by Crippen LogP contribution is -2.14. The number of aromatic nitrogens is 2. The third kappa shape index (κ3) is 2.83. The van der Waals surface area contributed by atoms with E-state index in [0.717, 1.165) is 16.9 Å². The smallest absolute Gasteiger partial charge is 0.238 e. The van der Waals surface area contributed by atoms with Crippen LogP contribution in [0.4, 0.5) is 5.69 Å². The predicted molar refractivity (Wildman–Crippen MR) is 77.8 cm³/mol. The van der Waals surface area contributed by atoms with E-state index in [4.69, 9.17) is 5.14 Å². The van der Waals surface area contributed by atoms with Crippen LogP contribution < -0.4 is 10.5 Å². The predicted octanol–water partition coefficient (Wildman–Crippen LogP) is 1.30. The maximum absolute atomic E-state index is 11.5. The third-order valence-corrected chi connectivity index (χ3v) is 4.45. The monoisotopic (exact) mass is 294 g/mol. The van der Waals surface area contributed by atoms with Gasteiger partial charge < -0.3 is 5.32 Å². The van der Waals surface area contributed by atoms with Gasteiger partial charge in [-0.1, -0.05) is 6.07 Å². The summed E-state index contributed by atoms with van der Waals surface area (Å²) in [5.74, 6) is 0. The number of nitrogens with one attached hydrogen (secondary N) is 1. The maximum atomic E-state index is 11.5. The van der Waals surface area contributed by atoms with Crippen molar-refractivity contribution in [1.29, 1.82) is 0 Å². The highest BCUT2D eigenvalue weighted by molar-refractivity contribution is 7.89. The second kappa shape index (κ2) is 5.26. The second-order valence-electron chi connectivity index (χ2n) is 4.71. The summed E-state index contributed by atoms with van der Waals surface area (Å²) in [6.07, 6.45) is 1.79. The highest BCUT2D eigenvalue weighted by Crippen LogP contribution is 2.22. The summed E-state index contributed by atoms with van der Waals surface area (Å²) >= 11 is 0. The Morgan fingerprint density at radius 2 is 2.05 bits per heavy atom. The zero-order valence-electron chi connectivity index (χ0n) is 11.7. The van der Waals surface area contributed by atoms with E-state index in [2.05, 4.69) is 10.4 Å². The minimum atomic E-state index is -3.70. The molecule has 0 aliphatic carbocycles. The standard InChI is InChI=1S/C13H18N4O2S/c1-9-12(5-4-6-13(9)20(14,18)19)15-7-11-8-16-17(3)10(11)2/h4-6,8,15H,7H2,1-3H3,(H2,14,18,19). The van der Waals surface area contributed by atoms with E-state index in [9.17, 15) is 8.42 Å². The molecule has 20 heavy (non-hydrogen) atoms. The van der Waals surface area contributed by atoms with Gasteiger partial charge in [-0.25, -0.2) is 13.6 Å². The van der Waals surface area contributed by atoms with Gasteiger partial charge in [0.2, 0.25) is 10.0 Å². The molecule has 7 heteroatoms. The molecule has 3 N–H and O–H groups in total. The van der Waals surface area contributed by atoms with Gasteiger partial charge in [0.25, 0.3) is 0 Å². The molecular formula is C13H18N4O2S. The molecule has 0 radical (unpaired) electrons. The van der Waals surface area contributed by atoms with Crippen LogP contribution in [0.2, 0.25) is 0 Å². The number of primary sulfonamides is 1. The molecular weight excluding hydrogens is 276 g/mol. The summed E-state index contributed by atoms with van der Waals surface area (Å²) < 4.78 is 24.7. The molecule has 0 saturated heterocycles. The summed E-state index contributed by atoms with van der Waals surface area (Å²) in [6, 6.07) is 5.01. The van der Waals surface area contributed by atoms with Gasteiger partial charge in [0.1, 0.15) is 0 Å². The minimum absolute atomic E-state index is 0.144. The molecule has 2 rings (SSSR count). The van der Waals surface area contributed by atoms with E-state index in [1.54, 1.807) is 23.9 Å². The summed E-state index contributed by atoms with van der Waals surface area (Å²) in [4.78, 5) is 0.144. The van der Waals surface area contributed by atoms with Crippen molar-refractivity contribution in [3.8, 4) is 0 Å². The van der Waals surface area contributed by atoms with Crippen LogP contribution in [0.5, 0.6) is 0 Å². The average molecular weight is 294 g/mol. The van der Waals surface area contributed by atoms with Crippen molar-refractivity contribution in [2.24, 2.45) is 12.2 Å². The van der Waals surface area contributed by atoms with Gasteiger partial charge in [-0.15, -0.1) is 0 Å². The molecule has 0 unspecified atom stereocenters. The zero-order valence-corrected chi connectivity index (χ0v) is 12.5. The van der Waals surface area contributed by atoms with Crippen LogP contribution in [0.3, 0.4) is 0 Å². The largest absolute Gasteiger partial charge is 0.381 e. The highest BCUT2D eigenvalue weighted by Gasteiger charge is 2.13. The molecule has 0 amide bonds. The SMILES string of the molecule is Cc1c(NCc2cnn(C)c2C)cccc1S(N)(=O)=O. The van der Waals surface area contributed by atoms with E-state index in [1.807, 2.05) is 20.0 Å². The van der Waals surface area contributed by atoms with Crippen LogP contribution in [-0.4, -0.2) is 18.2 Å². The number of hydrogen-bond acceptors (Lipinski definition) is 4. The highest BCUT2D eigenvalue weighted by atomic mass is 32.2. The van der Waals surface area contributed by atoms with E-state index in [0.29, 0.717) is 12.1 Å². The Hall–Kier alpha value is -1.86. The Bertz CT molecular complexity index is 735. The van der Waals surface area contributed by atoms with Crippen LogP contribution in [0.25, 0.3) is 0 Å². The molecule has 1 heterocycles. The van der Waals surface area contributed by atoms with Crippen LogP contribution in [-0.2, 0) is 23.6 Å². The molecule has 0 bridgehead atoms. The molecule has 0 aliphatic rings. The van der Waals surface area contributed by atoms with Gasteiger partial charge in [0.15, 0.2) is 0 Å². The normalized spacial score (nSPS) is 11.6. The molecule has 0 fully saturated rings. The van der Waals surface area contributed by atoms with E-state index >= 15 is 0 Å². The number of aryl methyl sites for hydroxylation is 1. The zero-order chi connectivity index (χ0) is 14.9. The Morgan fingerprint density at radius 1 is 1.35 bits per heavy atom. The molecule has 1 aromatic heterocycles. The van der Waals surface area contributed by atoms with Crippen molar-refractivity contribution in [1.82, 2.24) is 9.78 Å². The van der Waals surface area contributed by atoms with E-state index < -0.39 is 10.0 Å². The van der Waals surface area contributed by atoms with Crippen molar-refractivity contribution >= 4 is 15.7 Å². The Morgan fingerprint density at radius 3 is 2.60 bits per heavy atom. The van der Waals surface area contributed by atoms with E-state index in [-0.39, 0.29) is 4.90 Å². The van der Waals surface area contributed by atoms with Gasteiger partial charge in [0, 0.05) is 30.5 Å². The fourth-order valence-electron chi connectivity index (χ4n) is 2.02. The number of anilines is 1. The first-order chi connectivity index (χ1) is 9.30. The molecule has 108 valence electrons. The molecule has 6 nitrogen and oxygen atoms in total. The van der Waals surface area contributed by atoms with E-state index in [1.165, 1.54) is 6.07 Å². The molecule has 0 saturated carbocycles. The first kappa shape index (κ1) is 14.5. The quantitative estimate of drug-likeness (QED) is 0.889. The van der Waals surface area contributed by atoms with Gasteiger partial charge in [-0.3, -0.25) is 4.68 Å². The summed E-state index contributed by atoms with van der Waals surface area (Å²) in [5, 5.41) is 12.6. The fourth-order valence-corrected chi connectivity index (χ4v) is 2.83. The van der Waals surface area contributed by atoms with Gasteiger partial charge in [-0.2, -0.15) is 5.10 Å². The number of sulfonamides is 1. The Kier molecular flexibility index (Phi) is 3.82. The molecule has 0 spiro atoms. The lowest BCUT2D eigenvalue weighted by molar-refractivity contribution is 0.597. The topological polar surface area (TPSA) is 90.0 Å². The second-order valence-corrected chi connectivity index (χ2v) is 6.24.